The van der Waals surface area contributed by atoms with Crippen LogP contribution in [-0.4, -0.2) is 40.5 Å². The van der Waals surface area contributed by atoms with Crippen molar-refractivity contribution in [3.8, 4) is 0 Å². The summed E-state index contributed by atoms with van der Waals surface area (Å²) in [6.07, 6.45) is 0.977. The maximum atomic E-state index is 12.2. The predicted octanol–water partition coefficient (Wildman–Crippen LogP) is 1.99. The van der Waals surface area contributed by atoms with Crippen LogP contribution in [0.5, 0.6) is 0 Å². The average Bonchev–Trinajstić information content (AvgIpc) is 2.48. The van der Waals surface area contributed by atoms with Crippen LogP contribution in [0.2, 0.25) is 0 Å². The van der Waals surface area contributed by atoms with E-state index in [4.69, 9.17) is 9.47 Å². The normalized spacial score (nSPS) is 13.0. The molecule has 0 aliphatic carbocycles. The van der Waals surface area contributed by atoms with Crippen molar-refractivity contribution in [2.24, 2.45) is 11.8 Å². The molecule has 1 rings (SSSR count). The molecule has 0 aliphatic heterocycles. The second-order valence-corrected chi connectivity index (χ2v) is 7.19. The van der Waals surface area contributed by atoms with Gasteiger partial charge < -0.3 is 9.47 Å². The fourth-order valence-electron chi connectivity index (χ4n) is 1.82. The molecule has 0 bridgehead atoms. The Hall–Kier alpha value is -1.44. The maximum Gasteiger partial charge on any atom is 0.311 e. The highest BCUT2D eigenvalue weighted by atomic mass is 32.2. The van der Waals surface area contributed by atoms with Crippen molar-refractivity contribution in [2.75, 3.05) is 26.1 Å². The first-order valence-electron chi connectivity index (χ1n) is 7.42. The standard InChI is InChI=1S/C16H24O6S/c1-13(2)15(12-20-9-10-22-23(3,18)19)16(17)21-11-14-7-5-4-6-8-14/h4-8,13,15H,9-12H2,1-3H3/t15-/m0/s1. The van der Waals surface area contributed by atoms with Crippen molar-refractivity contribution in [3.63, 3.8) is 0 Å². The zero-order valence-electron chi connectivity index (χ0n) is 13.7. The van der Waals surface area contributed by atoms with Crippen LogP contribution in [0.4, 0.5) is 0 Å². The lowest BCUT2D eigenvalue weighted by Gasteiger charge is -2.19. The Morgan fingerprint density at radius 1 is 1.13 bits per heavy atom. The van der Waals surface area contributed by atoms with Gasteiger partial charge in [0, 0.05) is 0 Å². The number of esters is 1. The molecule has 0 aliphatic rings. The van der Waals surface area contributed by atoms with Crippen LogP contribution in [0, 0.1) is 11.8 Å². The number of rotatable bonds is 10. The topological polar surface area (TPSA) is 78.9 Å². The summed E-state index contributed by atoms with van der Waals surface area (Å²) in [4.78, 5) is 12.2. The SMILES string of the molecule is CC(C)[C@H](COCCOS(C)(=O)=O)C(=O)OCc1ccccc1. The van der Waals surface area contributed by atoms with E-state index >= 15 is 0 Å². The van der Waals surface area contributed by atoms with Gasteiger partial charge in [0.2, 0.25) is 0 Å². The van der Waals surface area contributed by atoms with Crippen LogP contribution in [0.25, 0.3) is 0 Å². The van der Waals surface area contributed by atoms with Crippen LogP contribution in [0.1, 0.15) is 19.4 Å². The number of benzene rings is 1. The van der Waals surface area contributed by atoms with Crippen LogP contribution >= 0.6 is 0 Å². The fraction of sp³-hybridized carbons (Fsp3) is 0.562. The van der Waals surface area contributed by atoms with Crippen LogP contribution in [-0.2, 0) is 35.2 Å². The van der Waals surface area contributed by atoms with Gasteiger partial charge in [-0.2, -0.15) is 8.42 Å². The second kappa shape index (κ2) is 9.64. The van der Waals surface area contributed by atoms with Gasteiger partial charge in [0.1, 0.15) is 6.61 Å². The van der Waals surface area contributed by atoms with Crippen molar-refractivity contribution in [2.45, 2.75) is 20.5 Å². The summed E-state index contributed by atoms with van der Waals surface area (Å²) in [5.41, 5.74) is 0.922. The van der Waals surface area contributed by atoms with Crippen molar-refractivity contribution in [1.82, 2.24) is 0 Å². The third-order valence-corrected chi connectivity index (χ3v) is 3.75. The molecule has 130 valence electrons. The zero-order valence-corrected chi connectivity index (χ0v) is 14.5. The highest BCUT2D eigenvalue weighted by Crippen LogP contribution is 2.15. The lowest BCUT2D eigenvalue weighted by Crippen LogP contribution is -2.28. The van der Waals surface area contributed by atoms with E-state index in [2.05, 4.69) is 4.18 Å². The van der Waals surface area contributed by atoms with E-state index in [0.29, 0.717) is 0 Å². The van der Waals surface area contributed by atoms with Crippen molar-refractivity contribution >= 4 is 16.1 Å². The van der Waals surface area contributed by atoms with E-state index in [1.54, 1.807) is 0 Å². The minimum Gasteiger partial charge on any atom is -0.461 e. The first-order valence-corrected chi connectivity index (χ1v) is 9.24. The van der Waals surface area contributed by atoms with Crippen LogP contribution in [0.3, 0.4) is 0 Å². The summed E-state index contributed by atoms with van der Waals surface area (Å²) in [5, 5.41) is 0. The smallest absolute Gasteiger partial charge is 0.311 e. The largest absolute Gasteiger partial charge is 0.461 e. The van der Waals surface area contributed by atoms with Crippen LogP contribution in [0.15, 0.2) is 30.3 Å². The summed E-state index contributed by atoms with van der Waals surface area (Å²) < 4.78 is 36.8. The highest BCUT2D eigenvalue weighted by Gasteiger charge is 2.24. The van der Waals surface area contributed by atoms with Gasteiger partial charge in [-0.05, 0) is 11.5 Å². The molecule has 1 aromatic rings. The molecule has 0 spiro atoms. The third kappa shape index (κ3) is 8.68. The third-order valence-electron chi connectivity index (χ3n) is 3.15. The van der Waals surface area contributed by atoms with Gasteiger partial charge in [-0.25, -0.2) is 0 Å². The van der Waals surface area contributed by atoms with E-state index in [-0.39, 0.29) is 38.3 Å². The molecule has 1 atom stereocenters. The Morgan fingerprint density at radius 3 is 2.35 bits per heavy atom. The van der Waals surface area contributed by atoms with Gasteiger partial charge in [-0.3, -0.25) is 8.98 Å². The summed E-state index contributed by atoms with van der Waals surface area (Å²) in [6.45, 7) is 4.24. The lowest BCUT2D eigenvalue weighted by atomic mass is 9.97. The van der Waals surface area contributed by atoms with Crippen molar-refractivity contribution in [1.29, 1.82) is 0 Å². The van der Waals surface area contributed by atoms with E-state index in [1.165, 1.54) is 0 Å². The molecule has 0 saturated heterocycles. The van der Waals surface area contributed by atoms with Gasteiger partial charge in [0.25, 0.3) is 10.1 Å². The summed E-state index contributed by atoms with van der Waals surface area (Å²) in [7, 11) is -3.47. The predicted molar refractivity (Wildman–Crippen MR) is 86.2 cm³/mol. The molecular formula is C16H24O6S. The monoisotopic (exact) mass is 344 g/mol. The maximum absolute atomic E-state index is 12.2. The Bertz CT molecular complexity index is 567. The number of carbonyl (C=O) groups excluding carboxylic acids is 1. The number of hydrogen-bond acceptors (Lipinski definition) is 6. The molecular weight excluding hydrogens is 320 g/mol. The first-order chi connectivity index (χ1) is 10.8. The molecule has 0 aromatic heterocycles. The fourth-order valence-corrected chi connectivity index (χ4v) is 2.19. The molecule has 0 fully saturated rings. The number of hydrogen-bond donors (Lipinski definition) is 0. The molecule has 23 heavy (non-hydrogen) atoms. The molecule has 0 saturated carbocycles. The average molecular weight is 344 g/mol. The number of ether oxygens (including phenoxy) is 2. The molecule has 0 N–H and O–H groups in total. The molecule has 6 nitrogen and oxygen atoms in total. The van der Waals surface area contributed by atoms with Gasteiger partial charge in [0.05, 0.1) is 32.0 Å². The van der Waals surface area contributed by atoms with E-state index in [0.717, 1.165) is 11.8 Å². The Morgan fingerprint density at radius 2 is 1.78 bits per heavy atom. The minimum absolute atomic E-state index is 0.0501. The minimum atomic E-state index is -3.47. The summed E-state index contributed by atoms with van der Waals surface area (Å²) >= 11 is 0. The first kappa shape index (κ1) is 19.6. The molecule has 7 heteroatoms. The highest BCUT2D eigenvalue weighted by molar-refractivity contribution is 7.85. The van der Waals surface area contributed by atoms with Crippen LogP contribution < -0.4 is 0 Å². The Kier molecular flexibility index (Phi) is 8.22. The second-order valence-electron chi connectivity index (χ2n) is 5.54. The van der Waals surface area contributed by atoms with Gasteiger partial charge in [-0.15, -0.1) is 0 Å². The van der Waals surface area contributed by atoms with E-state index < -0.39 is 16.0 Å². The molecule has 0 unspecified atom stereocenters. The Labute approximate surface area is 137 Å². The van der Waals surface area contributed by atoms with E-state index in [9.17, 15) is 13.2 Å². The van der Waals surface area contributed by atoms with Gasteiger partial charge >= 0.3 is 5.97 Å². The molecule has 0 amide bonds. The Balaban J connectivity index is 2.37. The van der Waals surface area contributed by atoms with E-state index in [1.807, 2.05) is 44.2 Å². The lowest BCUT2D eigenvalue weighted by molar-refractivity contribution is -0.154. The molecule has 0 heterocycles. The van der Waals surface area contributed by atoms with Gasteiger partial charge in [-0.1, -0.05) is 44.2 Å². The van der Waals surface area contributed by atoms with Crippen molar-refractivity contribution in [3.05, 3.63) is 35.9 Å². The van der Waals surface area contributed by atoms with Crippen molar-refractivity contribution < 1.29 is 26.9 Å². The quantitative estimate of drug-likeness (QED) is 0.367. The summed E-state index contributed by atoms with van der Waals surface area (Å²) in [5.74, 6) is -0.682. The molecule has 1 aromatic carbocycles. The number of carbonyl (C=O) groups is 1. The van der Waals surface area contributed by atoms with Gasteiger partial charge in [0.15, 0.2) is 0 Å². The summed E-state index contributed by atoms with van der Waals surface area (Å²) in [6, 6.07) is 9.43. The zero-order chi connectivity index (χ0) is 17.3. The molecule has 0 radical (unpaired) electrons.